The largest absolute Gasteiger partial charge is 0.465 e. The molecule has 0 fully saturated rings. The SMILES string of the molecule is CC1CC=CC=C1C1=COC=[C]O1. The first-order valence-corrected chi connectivity index (χ1v) is 4.34. The second kappa shape index (κ2) is 3.52. The van der Waals surface area contributed by atoms with Crippen LogP contribution >= 0.6 is 0 Å². The molecule has 1 radical (unpaired) electrons. The minimum Gasteiger partial charge on any atom is -0.465 e. The van der Waals surface area contributed by atoms with Crippen molar-refractivity contribution in [3.63, 3.8) is 0 Å². The molecular weight excluding hydrogens is 164 g/mol. The molecule has 1 atom stereocenters. The molecule has 0 aromatic heterocycles. The lowest BCUT2D eigenvalue weighted by Crippen LogP contribution is -2.07. The van der Waals surface area contributed by atoms with Gasteiger partial charge in [0.15, 0.2) is 5.76 Å². The molecule has 0 spiro atoms. The molecule has 0 N–H and O–H groups in total. The van der Waals surface area contributed by atoms with Crippen molar-refractivity contribution in [3.8, 4) is 0 Å². The first-order chi connectivity index (χ1) is 6.38. The van der Waals surface area contributed by atoms with Gasteiger partial charge in [0, 0.05) is 5.57 Å². The van der Waals surface area contributed by atoms with E-state index < -0.39 is 0 Å². The molecule has 0 amide bonds. The maximum absolute atomic E-state index is 5.22. The fourth-order valence-corrected chi connectivity index (χ4v) is 1.43. The standard InChI is InChI=1S/C11H11O2/c1-9-4-2-3-5-10(9)11-8-12-6-7-13-11/h2-3,5-6,8-9H,4H2,1H3. The van der Waals surface area contributed by atoms with E-state index in [1.165, 1.54) is 11.8 Å². The van der Waals surface area contributed by atoms with Crippen molar-refractivity contribution in [1.82, 2.24) is 0 Å². The first-order valence-electron chi connectivity index (χ1n) is 4.34. The van der Waals surface area contributed by atoms with Gasteiger partial charge < -0.3 is 9.47 Å². The number of rotatable bonds is 1. The molecule has 1 aliphatic heterocycles. The van der Waals surface area contributed by atoms with Crippen molar-refractivity contribution in [2.45, 2.75) is 13.3 Å². The van der Waals surface area contributed by atoms with E-state index in [1.54, 1.807) is 6.26 Å². The van der Waals surface area contributed by atoms with Gasteiger partial charge in [-0.05, 0) is 12.3 Å². The van der Waals surface area contributed by atoms with Crippen LogP contribution in [0.15, 0.2) is 42.1 Å². The molecule has 1 aliphatic carbocycles. The number of hydrogen-bond acceptors (Lipinski definition) is 2. The zero-order chi connectivity index (χ0) is 9.10. The monoisotopic (exact) mass is 175 g/mol. The van der Waals surface area contributed by atoms with E-state index in [4.69, 9.17) is 9.47 Å². The summed E-state index contributed by atoms with van der Waals surface area (Å²) in [6.07, 6.45) is 12.9. The van der Waals surface area contributed by atoms with Gasteiger partial charge in [0.1, 0.15) is 12.5 Å². The quantitative estimate of drug-likeness (QED) is 0.610. The lowest BCUT2D eigenvalue weighted by atomic mass is 9.92. The predicted octanol–water partition coefficient (Wildman–Crippen LogP) is 2.67. The van der Waals surface area contributed by atoms with E-state index in [1.807, 2.05) is 6.08 Å². The molecule has 2 aliphatic rings. The summed E-state index contributed by atoms with van der Waals surface area (Å²) in [5, 5.41) is 0. The maximum Gasteiger partial charge on any atom is 0.208 e. The molecule has 67 valence electrons. The molecule has 1 unspecified atom stereocenters. The Morgan fingerprint density at radius 3 is 3.15 bits per heavy atom. The third-order valence-electron chi connectivity index (χ3n) is 2.18. The van der Waals surface area contributed by atoms with Crippen molar-refractivity contribution in [3.05, 3.63) is 48.3 Å². The Morgan fingerprint density at radius 1 is 1.54 bits per heavy atom. The van der Waals surface area contributed by atoms with E-state index in [2.05, 4.69) is 25.3 Å². The average Bonchev–Trinajstić information content (AvgIpc) is 2.20. The van der Waals surface area contributed by atoms with Crippen LogP contribution in [-0.2, 0) is 9.47 Å². The molecule has 0 aromatic carbocycles. The van der Waals surface area contributed by atoms with Crippen LogP contribution in [0.25, 0.3) is 0 Å². The van der Waals surface area contributed by atoms with E-state index in [-0.39, 0.29) is 0 Å². The predicted molar refractivity (Wildman–Crippen MR) is 49.1 cm³/mol. The fraction of sp³-hybridized carbons (Fsp3) is 0.273. The Kier molecular flexibility index (Phi) is 2.21. The van der Waals surface area contributed by atoms with Crippen LogP contribution in [0, 0.1) is 12.2 Å². The molecule has 0 saturated carbocycles. The summed E-state index contributed by atoms with van der Waals surface area (Å²) in [4.78, 5) is 0. The number of hydrogen-bond donors (Lipinski definition) is 0. The highest BCUT2D eigenvalue weighted by atomic mass is 16.5. The average molecular weight is 175 g/mol. The van der Waals surface area contributed by atoms with Crippen molar-refractivity contribution >= 4 is 0 Å². The van der Waals surface area contributed by atoms with E-state index in [9.17, 15) is 0 Å². The summed E-state index contributed by atoms with van der Waals surface area (Å²) in [7, 11) is 0. The Morgan fingerprint density at radius 2 is 2.46 bits per heavy atom. The first kappa shape index (κ1) is 8.17. The lowest BCUT2D eigenvalue weighted by molar-refractivity contribution is 0.240. The Bertz CT molecular complexity index is 308. The molecule has 2 rings (SSSR count). The van der Waals surface area contributed by atoms with Crippen LogP contribution in [0.2, 0.25) is 0 Å². The molecule has 2 heteroatoms. The minimum absolute atomic E-state index is 0.486. The van der Waals surface area contributed by atoms with Gasteiger partial charge in [-0.2, -0.15) is 0 Å². The zero-order valence-electron chi connectivity index (χ0n) is 7.49. The van der Waals surface area contributed by atoms with Crippen LogP contribution < -0.4 is 0 Å². The Hall–Kier alpha value is -1.44. The highest BCUT2D eigenvalue weighted by Crippen LogP contribution is 2.28. The van der Waals surface area contributed by atoms with Gasteiger partial charge in [0.2, 0.25) is 6.26 Å². The van der Waals surface area contributed by atoms with Crippen molar-refractivity contribution in [1.29, 1.82) is 0 Å². The van der Waals surface area contributed by atoms with Gasteiger partial charge in [0.25, 0.3) is 0 Å². The highest BCUT2D eigenvalue weighted by Gasteiger charge is 2.16. The Balaban J connectivity index is 2.19. The third-order valence-corrected chi connectivity index (χ3v) is 2.18. The van der Waals surface area contributed by atoms with Crippen molar-refractivity contribution in [2.75, 3.05) is 0 Å². The third kappa shape index (κ3) is 1.66. The molecule has 0 bridgehead atoms. The smallest absolute Gasteiger partial charge is 0.208 e. The summed E-state index contributed by atoms with van der Waals surface area (Å²) in [5.74, 6) is 1.25. The van der Waals surface area contributed by atoms with E-state index >= 15 is 0 Å². The lowest BCUT2D eigenvalue weighted by Gasteiger charge is -2.19. The van der Waals surface area contributed by atoms with Crippen LogP contribution in [0.1, 0.15) is 13.3 Å². The number of allylic oxidation sites excluding steroid dienone is 4. The van der Waals surface area contributed by atoms with Crippen molar-refractivity contribution in [2.24, 2.45) is 5.92 Å². The number of ether oxygens (including phenoxy) is 2. The van der Waals surface area contributed by atoms with Gasteiger partial charge in [-0.1, -0.05) is 25.2 Å². The van der Waals surface area contributed by atoms with Crippen molar-refractivity contribution < 1.29 is 9.47 Å². The second-order valence-electron chi connectivity index (χ2n) is 3.14. The normalized spacial score (nSPS) is 25.8. The summed E-state index contributed by atoms with van der Waals surface area (Å²) in [6, 6.07) is 0. The summed E-state index contributed by atoms with van der Waals surface area (Å²) in [6.45, 7) is 2.16. The Labute approximate surface area is 77.8 Å². The molecule has 13 heavy (non-hydrogen) atoms. The summed E-state index contributed by atoms with van der Waals surface area (Å²) < 4.78 is 10.2. The second-order valence-corrected chi connectivity index (χ2v) is 3.14. The molecular formula is C11H11O2. The zero-order valence-corrected chi connectivity index (χ0v) is 7.49. The van der Waals surface area contributed by atoms with Crippen LogP contribution in [-0.4, -0.2) is 0 Å². The van der Waals surface area contributed by atoms with Gasteiger partial charge in [-0.15, -0.1) is 0 Å². The highest BCUT2D eigenvalue weighted by molar-refractivity contribution is 5.34. The van der Waals surface area contributed by atoms with E-state index in [0.717, 1.165) is 12.2 Å². The summed E-state index contributed by atoms with van der Waals surface area (Å²) in [5.41, 5.74) is 1.17. The maximum atomic E-state index is 5.22. The fourth-order valence-electron chi connectivity index (χ4n) is 1.43. The van der Waals surface area contributed by atoms with E-state index in [0.29, 0.717) is 5.92 Å². The van der Waals surface area contributed by atoms with Gasteiger partial charge in [-0.3, -0.25) is 0 Å². The molecule has 2 nitrogen and oxygen atoms in total. The van der Waals surface area contributed by atoms with Crippen LogP contribution in [0.3, 0.4) is 0 Å². The minimum atomic E-state index is 0.486. The van der Waals surface area contributed by atoms with Gasteiger partial charge in [-0.25, -0.2) is 0 Å². The van der Waals surface area contributed by atoms with Gasteiger partial charge in [0.05, 0.1) is 0 Å². The molecule has 0 saturated heterocycles. The van der Waals surface area contributed by atoms with Crippen LogP contribution in [0.4, 0.5) is 0 Å². The van der Waals surface area contributed by atoms with Crippen LogP contribution in [0.5, 0.6) is 0 Å². The summed E-state index contributed by atoms with van der Waals surface area (Å²) >= 11 is 0. The van der Waals surface area contributed by atoms with Gasteiger partial charge >= 0.3 is 0 Å². The molecule has 0 aromatic rings. The topological polar surface area (TPSA) is 18.5 Å². The molecule has 1 heterocycles.